The van der Waals surface area contributed by atoms with E-state index in [9.17, 15) is 13.2 Å². The topological polar surface area (TPSA) is 87.3 Å². The van der Waals surface area contributed by atoms with Crippen LogP contribution in [-0.2, 0) is 10.0 Å². The van der Waals surface area contributed by atoms with Crippen LogP contribution in [0, 0.1) is 10.5 Å². The fraction of sp³-hybridized carbons (Fsp3) is 0.0476. The molecule has 0 saturated heterocycles. The molecule has 0 heterocycles. The molecule has 0 fully saturated rings. The largest absolute Gasteiger partial charge is 0.332 e. The van der Waals surface area contributed by atoms with Crippen LogP contribution in [0.25, 0.3) is 0 Å². The summed E-state index contributed by atoms with van der Waals surface area (Å²) in [5.41, 5.74) is 2.62. The number of carbonyl (C=O) groups excluding carboxylic acids is 1. The van der Waals surface area contributed by atoms with Crippen molar-refractivity contribution in [3.05, 3.63) is 87.5 Å². The molecular formula is C21H18IN3O3S2. The van der Waals surface area contributed by atoms with Gasteiger partial charge in [0.1, 0.15) is 0 Å². The van der Waals surface area contributed by atoms with E-state index in [1.807, 2.05) is 13.0 Å². The van der Waals surface area contributed by atoms with Gasteiger partial charge in [-0.1, -0.05) is 24.3 Å². The number of thiocarbonyl (C=S) groups is 1. The van der Waals surface area contributed by atoms with Crippen LogP contribution in [0.5, 0.6) is 0 Å². The van der Waals surface area contributed by atoms with Crippen LogP contribution in [0.3, 0.4) is 0 Å². The predicted octanol–water partition coefficient (Wildman–Crippen LogP) is 4.53. The molecule has 0 aromatic heterocycles. The molecule has 0 unspecified atom stereocenters. The second-order valence-electron chi connectivity index (χ2n) is 6.37. The molecular weight excluding hydrogens is 533 g/mol. The van der Waals surface area contributed by atoms with E-state index in [0.717, 1.165) is 9.13 Å². The van der Waals surface area contributed by atoms with E-state index in [1.165, 1.54) is 12.1 Å². The molecule has 0 radical (unpaired) electrons. The highest BCUT2D eigenvalue weighted by Crippen LogP contribution is 2.18. The van der Waals surface area contributed by atoms with Gasteiger partial charge in [0.15, 0.2) is 5.11 Å². The van der Waals surface area contributed by atoms with Crippen LogP contribution >= 0.6 is 34.8 Å². The standard InChI is InChI=1S/C21H18IN3O3S2/c1-14-7-8-15(13-19(14)22)20(26)24-21(29)23-16-9-11-18(12-10-16)30(27,28)25-17-5-3-2-4-6-17/h2-13,25H,1H3,(H2,23,24,26,29). The Morgan fingerprint density at radius 2 is 1.60 bits per heavy atom. The van der Waals surface area contributed by atoms with Gasteiger partial charge < -0.3 is 5.32 Å². The second-order valence-corrected chi connectivity index (χ2v) is 9.62. The number of hydrogen-bond acceptors (Lipinski definition) is 4. The third-order valence-electron chi connectivity index (χ3n) is 4.11. The third kappa shape index (κ3) is 5.77. The first-order valence-corrected chi connectivity index (χ1v) is 11.8. The lowest BCUT2D eigenvalue weighted by Crippen LogP contribution is -2.34. The van der Waals surface area contributed by atoms with Gasteiger partial charge in [-0.25, -0.2) is 8.42 Å². The number of halogens is 1. The van der Waals surface area contributed by atoms with Gasteiger partial charge in [-0.05, 0) is 95.8 Å². The van der Waals surface area contributed by atoms with Crippen molar-refractivity contribution < 1.29 is 13.2 Å². The van der Waals surface area contributed by atoms with Crippen molar-refractivity contribution in [2.75, 3.05) is 10.0 Å². The smallest absolute Gasteiger partial charge is 0.261 e. The number of aryl methyl sites for hydroxylation is 1. The molecule has 30 heavy (non-hydrogen) atoms. The number of carbonyl (C=O) groups is 1. The number of para-hydroxylation sites is 1. The van der Waals surface area contributed by atoms with E-state index in [-0.39, 0.29) is 15.9 Å². The first kappa shape index (κ1) is 22.2. The molecule has 0 atom stereocenters. The minimum atomic E-state index is -3.70. The number of benzene rings is 3. The number of hydrogen-bond donors (Lipinski definition) is 3. The van der Waals surface area contributed by atoms with Gasteiger partial charge in [0.25, 0.3) is 15.9 Å². The van der Waals surface area contributed by atoms with Crippen LogP contribution in [0.1, 0.15) is 15.9 Å². The highest BCUT2D eigenvalue weighted by molar-refractivity contribution is 14.1. The van der Waals surface area contributed by atoms with Gasteiger partial charge >= 0.3 is 0 Å². The Kier molecular flexibility index (Phi) is 7.06. The van der Waals surface area contributed by atoms with Crippen molar-refractivity contribution >= 4 is 67.2 Å². The summed E-state index contributed by atoms with van der Waals surface area (Å²) in [5.74, 6) is -0.323. The molecule has 1 amide bonds. The Morgan fingerprint density at radius 1 is 0.933 bits per heavy atom. The van der Waals surface area contributed by atoms with E-state index in [0.29, 0.717) is 16.9 Å². The van der Waals surface area contributed by atoms with Crippen molar-refractivity contribution in [3.63, 3.8) is 0 Å². The Morgan fingerprint density at radius 3 is 2.23 bits per heavy atom. The van der Waals surface area contributed by atoms with Crippen LogP contribution < -0.4 is 15.4 Å². The molecule has 3 N–H and O–H groups in total. The van der Waals surface area contributed by atoms with Crippen molar-refractivity contribution in [1.29, 1.82) is 0 Å². The van der Waals surface area contributed by atoms with Crippen LogP contribution in [0.4, 0.5) is 11.4 Å². The molecule has 3 aromatic carbocycles. The first-order chi connectivity index (χ1) is 14.2. The minimum Gasteiger partial charge on any atom is -0.332 e. The number of sulfonamides is 1. The summed E-state index contributed by atoms with van der Waals surface area (Å²) in [6.45, 7) is 1.97. The Labute approximate surface area is 194 Å². The zero-order chi connectivity index (χ0) is 21.7. The molecule has 0 aliphatic carbocycles. The number of anilines is 2. The summed E-state index contributed by atoms with van der Waals surface area (Å²) in [6, 6.07) is 20.1. The van der Waals surface area contributed by atoms with Gasteiger partial charge in [0.05, 0.1) is 4.90 Å². The molecule has 0 spiro atoms. The summed E-state index contributed by atoms with van der Waals surface area (Å²) in [5, 5.41) is 5.61. The first-order valence-electron chi connectivity index (χ1n) is 8.81. The maximum absolute atomic E-state index is 12.5. The van der Waals surface area contributed by atoms with Crippen molar-refractivity contribution in [1.82, 2.24) is 5.32 Å². The second kappa shape index (κ2) is 9.54. The lowest BCUT2D eigenvalue weighted by Gasteiger charge is -2.11. The zero-order valence-corrected chi connectivity index (χ0v) is 19.6. The minimum absolute atomic E-state index is 0.112. The monoisotopic (exact) mass is 551 g/mol. The van der Waals surface area contributed by atoms with Crippen LogP contribution in [0.2, 0.25) is 0 Å². The van der Waals surface area contributed by atoms with E-state index in [2.05, 4.69) is 37.9 Å². The predicted molar refractivity (Wildman–Crippen MR) is 131 cm³/mol. The van der Waals surface area contributed by atoms with Gasteiger partial charge in [-0.2, -0.15) is 0 Å². The maximum Gasteiger partial charge on any atom is 0.261 e. The molecule has 0 saturated carbocycles. The highest BCUT2D eigenvalue weighted by atomic mass is 127. The number of rotatable bonds is 5. The fourth-order valence-electron chi connectivity index (χ4n) is 2.51. The van der Waals surface area contributed by atoms with Gasteiger partial charge in [0, 0.05) is 20.5 Å². The Balaban J connectivity index is 1.62. The molecule has 6 nitrogen and oxygen atoms in total. The lowest BCUT2D eigenvalue weighted by atomic mass is 10.1. The third-order valence-corrected chi connectivity index (χ3v) is 6.87. The fourth-order valence-corrected chi connectivity index (χ4v) is 4.29. The van der Waals surface area contributed by atoms with Crippen LogP contribution in [0.15, 0.2) is 77.7 Å². The zero-order valence-electron chi connectivity index (χ0n) is 15.8. The average molecular weight is 551 g/mol. The number of nitrogens with one attached hydrogen (secondary N) is 3. The van der Waals surface area contributed by atoms with E-state index >= 15 is 0 Å². The van der Waals surface area contributed by atoms with Crippen molar-refractivity contribution in [2.45, 2.75) is 11.8 Å². The molecule has 0 aliphatic rings. The molecule has 154 valence electrons. The summed E-state index contributed by atoms with van der Waals surface area (Å²) in [4.78, 5) is 12.5. The molecule has 0 aliphatic heterocycles. The highest BCUT2D eigenvalue weighted by Gasteiger charge is 2.14. The summed E-state index contributed by atoms with van der Waals surface area (Å²) >= 11 is 7.36. The molecule has 3 rings (SSSR count). The SMILES string of the molecule is Cc1ccc(C(=O)NC(=S)Nc2ccc(S(=O)(=O)Nc3ccccc3)cc2)cc1I. The summed E-state index contributed by atoms with van der Waals surface area (Å²) in [7, 11) is -3.70. The van der Waals surface area contributed by atoms with E-state index in [4.69, 9.17) is 12.2 Å². The van der Waals surface area contributed by atoms with E-state index < -0.39 is 10.0 Å². The van der Waals surface area contributed by atoms with Crippen LogP contribution in [-0.4, -0.2) is 19.4 Å². The van der Waals surface area contributed by atoms with Crippen molar-refractivity contribution in [3.8, 4) is 0 Å². The average Bonchev–Trinajstić information content (AvgIpc) is 2.70. The Hall–Kier alpha value is -2.50. The van der Waals surface area contributed by atoms with Gasteiger partial charge in [0.2, 0.25) is 0 Å². The maximum atomic E-state index is 12.5. The molecule has 0 bridgehead atoms. The van der Waals surface area contributed by atoms with Gasteiger partial charge in [-0.15, -0.1) is 0 Å². The lowest BCUT2D eigenvalue weighted by molar-refractivity contribution is 0.0977. The van der Waals surface area contributed by atoms with Gasteiger partial charge in [-0.3, -0.25) is 14.8 Å². The quantitative estimate of drug-likeness (QED) is 0.321. The van der Waals surface area contributed by atoms with Crippen molar-refractivity contribution in [2.24, 2.45) is 0 Å². The normalized spacial score (nSPS) is 10.9. The number of amides is 1. The summed E-state index contributed by atoms with van der Waals surface area (Å²) in [6.07, 6.45) is 0. The molecule has 3 aromatic rings. The Bertz CT molecular complexity index is 1180. The van der Waals surface area contributed by atoms with E-state index in [1.54, 1.807) is 54.6 Å². The summed E-state index contributed by atoms with van der Waals surface area (Å²) < 4.78 is 28.4. The molecule has 9 heteroatoms.